The number of benzene rings is 2. The second-order valence-corrected chi connectivity index (χ2v) is 5.88. The Morgan fingerprint density at radius 2 is 1.84 bits per heavy atom. The van der Waals surface area contributed by atoms with Crippen LogP contribution in [0.5, 0.6) is 11.5 Å². The zero-order valence-corrected chi connectivity index (χ0v) is 13.3. The number of nitrogens with two attached hydrogens (primary N) is 1. The highest BCUT2D eigenvalue weighted by molar-refractivity contribution is 6.31. The first kappa shape index (κ1) is 17.5. The molecule has 1 heterocycles. The number of ketones is 1. The number of nitrogens with zero attached hydrogens (tertiary/aromatic N) is 1. The molecule has 5 nitrogen and oxygen atoms in total. The van der Waals surface area contributed by atoms with Crippen LogP contribution in [0.1, 0.15) is 15.9 Å². The van der Waals surface area contributed by atoms with Crippen molar-refractivity contribution in [1.29, 1.82) is 0 Å². The van der Waals surface area contributed by atoms with Crippen molar-refractivity contribution in [3.63, 3.8) is 0 Å². The van der Waals surface area contributed by atoms with Gasteiger partial charge in [-0.25, -0.2) is 0 Å². The van der Waals surface area contributed by atoms with Gasteiger partial charge in [0.25, 0.3) is 0 Å². The molecule has 0 aromatic heterocycles. The molecule has 0 aliphatic carbocycles. The van der Waals surface area contributed by atoms with E-state index in [4.69, 9.17) is 22.1 Å². The summed E-state index contributed by atoms with van der Waals surface area (Å²) >= 11 is 5.56. The summed E-state index contributed by atoms with van der Waals surface area (Å²) in [7, 11) is 0. The van der Waals surface area contributed by atoms with Gasteiger partial charge in [-0.15, -0.1) is 0 Å². The van der Waals surface area contributed by atoms with Crippen LogP contribution < -0.4 is 15.5 Å². The maximum atomic E-state index is 12.9. The number of carbonyl (C=O) groups is 1. The first-order chi connectivity index (χ1) is 11.7. The summed E-state index contributed by atoms with van der Waals surface area (Å²) in [6.07, 6.45) is -4.62. The number of hydroxylamine groups is 1. The van der Waals surface area contributed by atoms with Crippen LogP contribution in [0.4, 0.5) is 18.9 Å². The van der Waals surface area contributed by atoms with Crippen LogP contribution in [0.15, 0.2) is 36.4 Å². The van der Waals surface area contributed by atoms with Gasteiger partial charge in [-0.1, -0.05) is 11.6 Å². The van der Waals surface area contributed by atoms with Crippen LogP contribution in [-0.2, 0) is 6.18 Å². The summed E-state index contributed by atoms with van der Waals surface area (Å²) < 4.78 is 44.1. The number of rotatable bonds is 2. The number of hydrogen-bond acceptors (Lipinski definition) is 5. The molecule has 2 aromatic carbocycles. The molecular formula is C16H12ClF3N2O3. The molecule has 0 spiro atoms. The van der Waals surface area contributed by atoms with Crippen molar-refractivity contribution in [2.24, 2.45) is 5.73 Å². The molecule has 0 bridgehead atoms. The quantitative estimate of drug-likeness (QED) is 0.837. The van der Waals surface area contributed by atoms with E-state index >= 15 is 0 Å². The molecule has 0 amide bonds. The molecule has 0 radical (unpaired) electrons. The van der Waals surface area contributed by atoms with Crippen molar-refractivity contribution in [3.8, 4) is 11.5 Å². The van der Waals surface area contributed by atoms with Crippen molar-refractivity contribution in [3.05, 3.63) is 52.5 Å². The normalized spacial score (nSPS) is 17.4. The number of halogens is 4. The van der Waals surface area contributed by atoms with Gasteiger partial charge in [0.05, 0.1) is 28.9 Å². The van der Waals surface area contributed by atoms with Gasteiger partial charge in [0, 0.05) is 5.56 Å². The van der Waals surface area contributed by atoms with Crippen molar-refractivity contribution in [2.75, 3.05) is 11.6 Å². The number of anilines is 1. The lowest BCUT2D eigenvalue weighted by Gasteiger charge is -2.28. The predicted octanol–water partition coefficient (Wildman–Crippen LogP) is 3.87. The number of hydrogen-bond donors (Lipinski definition) is 2. The largest absolute Gasteiger partial charge is 0.457 e. The van der Waals surface area contributed by atoms with Crippen LogP contribution >= 0.6 is 11.6 Å². The molecule has 0 fully saturated rings. The fourth-order valence-electron chi connectivity index (χ4n) is 2.49. The van der Waals surface area contributed by atoms with E-state index in [-0.39, 0.29) is 29.3 Å². The fourth-order valence-corrected chi connectivity index (χ4v) is 2.71. The van der Waals surface area contributed by atoms with Gasteiger partial charge in [0.15, 0.2) is 5.78 Å². The van der Waals surface area contributed by atoms with E-state index in [1.807, 2.05) is 0 Å². The lowest BCUT2D eigenvalue weighted by Crippen LogP contribution is -2.46. The van der Waals surface area contributed by atoms with Gasteiger partial charge < -0.3 is 10.5 Å². The molecule has 1 aliphatic rings. The third kappa shape index (κ3) is 3.41. The molecule has 1 aliphatic heterocycles. The number of Topliss-reactive ketones (excluding diaryl/α,β-unsaturated/α-hetero) is 1. The van der Waals surface area contributed by atoms with Gasteiger partial charge in [0.1, 0.15) is 11.5 Å². The molecule has 0 unspecified atom stereocenters. The molecule has 9 heteroatoms. The van der Waals surface area contributed by atoms with Crippen molar-refractivity contribution in [1.82, 2.24) is 0 Å². The monoisotopic (exact) mass is 372 g/mol. The summed E-state index contributed by atoms with van der Waals surface area (Å²) in [6.45, 7) is -0.0435. The van der Waals surface area contributed by atoms with Gasteiger partial charge in [0.2, 0.25) is 0 Å². The van der Waals surface area contributed by atoms with E-state index in [9.17, 15) is 23.2 Å². The Morgan fingerprint density at radius 1 is 1.20 bits per heavy atom. The summed E-state index contributed by atoms with van der Waals surface area (Å²) in [6, 6.07) is 6.40. The topological polar surface area (TPSA) is 75.8 Å². The Bertz CT molecular complexity index is 842. The smallest absolute Gasteiger partial charge is 0.417 e. The van der Waals surface area contributed by atoms with E-state index in [0.717, 1.165) is 17.2 Å². The minimum atomic E-state index is -4.62. The van der Waals surface area contributed by atoms with E-state index in [2.05, 4.69) is 0 Å². The molecule has 0 saturated carbocycles. The fraction of sp³-hybridized carbons (Fsp3) is 0.188. The maximum Gasteiger partial charge on any atom is 0.417 e. The SMILES string of the molecule is N[C@H]1CN(O)c2ccc(Oc3ccc(Cl)c(C(F)(F)F)c3)cc2C1=O. The van der Waals surface area contributed by atoms with Crippen LogP contribution in [0.2, 0.25) is 5.02 Å². The van der Waals surface area contributed by atoms with Crippen LogP contribution in [0.25, 0.3) is 0 Å². The molecular weight excluding hydrogens is 361 g/mol. The minimum absolute atomic E-state index is 0.0435. The molecule has 0 saturated heterocycles. The molecule has 3 rings (SSSR count). The Labute approximate surface area is 145 Å². The van der Waals surface area contributed by atoms with Gasteiger partial charge >= 0.3 is 6.18 Å². The number of ether oxygens (including phenoxy) is 1. The van der Waals surface area contributed by atoms with E-state index in [1.54, 1.807) is 0 Å². The highest BCUT2D eigenvalue weighted by Gasteiger charge is 2.34. The minimum Gasteiger partial charge on any atom is -0.457 e. The summed E-state index contributed by atoms with van der Waals surface area (Å²) in [5.74, 6) is -0.354. The zero-order chi connectivity index (χ0) is 18.4. The Balaban J connectivity index is 1.94. The van der Waals surface area contributed by atoms with E-state index in [1.165, 1.54) is 24.3 Å². The summed E-state index contributed by atoms with van der Waals surface area (Å²) in [4.78, 5) is 12.1. The lowest BCUT2D eigenvalue weighted by atomic mass is 9.98. The second-order valence-electron chi connectivity index (χ2n) is 5.47. The number of alkyl halides is 3. The molecule has 2 aromatic rings. The van der Waals surface area contributed by atoms with Crippen molar-refractivity contribution >= 4 is 23.1 Å². The van der Waals surface area contributed by atoms with Gasteiger partial charge in [-0.2, -0.15) is 13.2 Å². The van der Waals surface area contributed by atoms with E-state index in [0.29, 0.717) is 0 Å². The zero-order valence-electron chi connectivity index (χ0n) is 12.5. The predicted molar refractivity (Wildman–Crippen MR) is 84.4 cm³/mol. The van der Waals surface area contributed by atoms with Crippen LogP contribution in [0, 0.1) is 0 Å². The highest BCUT2D eigenvalue weighted by Crippen LogP contribution is 2.38. The number of carbonyl (C=O) groups excluding carboxylic acids is 1. The average Bonchev–Trinajstić information content (AvgIpc) is 2.53. The van der Waals surface area contributed by atoms with E-state index < -0.39 is 28.6 Å². The van der Waals surface area contributed by atoms with Crippen LogP contribution in [0.3, 0.4) is 0 Å². The Hall–Kier alpha value is -2.29. The number of fused-ring (bicyclic) bond motifs is 1. The summed E-state index contributed by atoms with van der Waals surface area (Å²) in [5, 5.41) is 10.2. The van der Waals surface area contributed by atoms with Gasteiger partial charge in [-0.3, -0.25) is 15.1 Å². The first-order valence-electron chi connectivity index (χ1n) is 7.11. The molecule has 132 valence electrons. The first-order valence-corrected chi connectivity index (χ1v) is 7.49. The Morgan fingerprint density at radius 3 is 2.52 bits per heavy atom. The second kappa shape index (κ2) is 6.21. The third-order valence-corrected chi connectivity index (χ3v) is 4.03. The molecule has 25 heavy (non-hydrogen) atoms. The standard InChI is InChI=1S/C16H12ClF3N2O3/c17-12-3-1-9(6-11(12)16(18,19)20)25-8-2-4-14-10(5-8)15(23)13(21)7-22(14)24/h1-6,13,24H,7,21H2/t13-/m0/s1. The molecule has 1 atom stereocenters. The average molecular weight is 373 g/mol. The summed E-state index contributed by atoms with van der Waals surface area (Å²) in [5.41, 5.74) is 5.00. The van der Waals surface area contributed by atoms with Crippen molar-refractivity contribution < 1.29 is 27.9 Å². The van der Waals surface area contributed by atoms with Crippen molar-refractivity contribution in [2.45, 2.75) is 12.2 Å². The molecule has 3 N–H and O–H groups in total. The highest BCUT2D eigenvalue weighted by atomic mass is 35.5. The van der Waals surface area contributed by atoms with Gasteiger partial charge in [-0.05, 0) is 36.4 Å². The Kier molecular flexibility index (Phi) is 4.36. The van der Waals surface area contributed by atoms with Crippen LogP contribution in [-0.4, -0.2) is 23.6 Å². The third-order valence-electron chi connectivity index (χ3n) is 3.70. The lowest BCUT2D eigenvalue weighted by molar-refractivity contribution is -0.137. The maximum absolute atomic E-state index is 12.9.